The molecule has 5 rings (SSSR count). The first-order valence-corrected chi connectivity index (χ1v) is 13.4. The fraction of sp³-hybridized carbons (Fsp3) is 0.294. The predicted octanol–water partition coefficient (Wildman–Crippen LogP) is 7.86. The Labute approximate surface area is 221 Å². The van der Waals surface area contributed by atoms with Gasteiger partial charge in [0.1, 0.15) is 11.5 Å². The van der Waals surface area contributed by atoms with Gasteiger partial charge in [0.15, 0.2) is 0 Å². The summed E-state index contributed by atoms with van der Waals surface area (Å²) in [6.45, 7) is 6.01. The van der Waals surface area contributed by atoms with Gasteiger partial charge in [-0.25, -0.2) is 0 Å². The van der Waals surface area contributed by atoms with Crippen molar-refractivity contribution in [2.75, 3.05) is 33.9 Å². The first-order valence-electron chi connectivity index (χ1n) is 13.4. The van der Waals surface area contributed by atoms with E-state index in [1.54, 1.807) is 14.2 Å². The van der Waals surface area contributed by atoms with Gasteiger partial charge in [-0.3, -0.25) is 0 Å². The SMILES string of the molecule is COc1ccc(/C(=C(/C)c2ccc(CCCN3CCCC3)cc2)c2cccc3cc(OC)ccc23)cc1. The molecule has 0 saturated carbocycles. The molecule has 1 aliphatic rings. The van der Waals surface area contributed by atoms with Crippen LogP contribution in [0.3, 0.4) is 0 Å². The largest absolute Gasteiger partial charge is 0.497 e. The van der Waals surface area contributed by atoms with Crippen LogP contribution in [0.15, 0.2) is 84.9 Å². The molecule has 4 aromatic rings. The number of methoxy groups -OCH3 is 2. The first kappa shape index (κ1) is 25.1. The minimum absolute atomic E-state index is 0.863. The van der Waals surface area contributed by atoms with Gasteiger partial charge in [0.2, 0.25) is 0 Å². The molecule has 0 bridgehead atoms. The third-order valence-electron chi connectivity index (χ3n) is 7.64. The van der Waals surface area contributed by atoms with E-state index >= 15 is 0 Å². The maximum absolute atomic E-state index is 5.49. The normalized spacial score (nSPS) is 14.6. The van der Waals surface area contributed by atoms with Crippen LogP contribution in [0.2, 0.25) is 0 Å². The highest BCUT2D eigenvalue weighted by molar-refractivity contribution is 6.06. The highest BCUT2D eigenvalue weighted by Crippen LogP contribution is 2.37. The minimum Gasteiger partial charge on any atom is -0.497 e. The van der Waals surface area contributed by atoms with Gasteiger partial charge >= 0.3 is 0 Å². The number of fused-ring (bicyclic) bond motifs is 1. The van der Waals surface area contributed by atoms with Crippen LogP contribution in [0.4, 0.5) is 0 Å². The molecule has 0 radical (unpaired) electrons. The Morgan fingerprint density at radius 3 is 2.14 bits per heavy atom. The average molecular weight is 492 g/mol. The molecule has 1 fully saturated rings. The summed E-state index contributed by atoms with van der Waals surface area (Å²) in [7, 11) is 3.43. The van der Waals surface area contributed by atoms with Crippen molar-refractivity contribution < 1.29 is 9.47 Å². The molecule has 1 aliphatic heterocycles. The van der Waals surface area contributed by atoms with E-state index in [-0.39, 0.29) is 0 Å². The molecule has 1 saturated heterocycles. The summed E-state index contributed by atoms with van der Waals surface area (Å²) in [6, 6.07) is 30.4. The Hall–Kier alpha value is -3.56. The number of aryl methyl sites for hydroxylation is 1. The highest BCUT2D eigenvalue weighted by atomic mass is 16.5. The van der Waals surface area contributed by atoms with Crippen LogP contribution in [0, 0.1) is 0 Å². The number of rotatable bonds is 9. The average Bonchev–Trinajstić information content (AvgIpc) is 3.47. The lowest BCUT2D eigenvalue weighted by atomic mass is 9.87. The van der Waals surface area contributed by atoms with Gasteiger partial charge in [-0.2, -0.15) is 0 Å². The summed E-state index contributed by atoms with van der Waals surface area (Å²) in [5.74, 6) is 1.73. The number of likely N-dealkylation sites (tertiary alicyclic amines) is 1. The summed E-state index contributed by atoms with van der Waals surface area (Å²) < 4.78 is 10.9. The number of hydrogen-bond donors (Lipinski definition) is 0. The van der Waals surface area contributed by atoms with Gasteiger partial charge in [-0.15, -0.1) is 0 Å². The zero-order valence-electron chi connectivity index (χ0n) is 22.3. The smallest absolute Gasteiger partial charge is 0.119 e. The standard InChI is InChI=1S/C34H37NO2/c1-25(27-13-11-26(12-14-27)8-7-23-35-21-4-5-22-35)34(28-15-17-30(36-2)18-16-28)33-10-6-9-29-24-31(37-3)19-20-32(29)33/h6,9-20,24H,4-5,7-8,21-23H2,1-3H3/b34-25+. The molecule has 0 spiro atoms. The van der Waals surface area contributed by atoms with Crippen LogP contribution in [0.25, 0.3) is 21.9 Å². The van der Waals surface area contributed by atoms with Gasteiger partial charge in [0.25, 0.3) is 0 Å². The third-order valence-corrected chi connectivity index (χ3v) is 7.64. The fourth-order valence-corrected chi connectivity index (χ4v) is 5.52. The molecule has 3 heteroatoms. The number of nitrogens with zero attached hydrogens (tertiary/aromatic N) is 1. The molecule has 0 aromatic heterocycles. The Bertz CT molecular complexity index is 1360. The molecule has 0 atom stereocenters. The second kappa shape index (κ2) is 11.7. The third kappa shape index (κ3) is 5.73. The van der Waals surface area contributed by atoms with Gasteiger partial charge in [0.05, 0.1) is 14.2 Å². The molecule has 0 unspecified atom stereocenters. The molecular formula is C34H37NO2. The number of hydrogen-bond acceptors (Lipinski definition) is 3. The molecule has 0 amide bonds. The van der Waals surface area contributed by atoms with E-state index in [4.69, 9.17) is 9.47 Å². The monoisotopic (exact) mass is 491 g/mol. The zero-order valence-corrected chi connectivity index (χ0v) is 22.3. The van der Waals surface area contributed by atoms with Crippen LogP contribution < -0.4 is 9.47 Å². The maximum atomic E-state index is 5.49. The number of benzene rings is 4. The van der Waals surface area contributed by atoms with E-state index in [9.17, 15) is 0 Å². The van der Waals surface area contributed by atoms with E-state index in [1.165, 1.54) is 83.1 Å². The Balaban J connectivity index is 1.51. The second-order valence-electron chi connectivity index (χ2n) is 9.97. The van der Waals surface area contributed by atoms with Crippen molar-refractivity contribution in [3.63, 3.8) is 0 Å². The second-order valence-corrected chi connectivity index (χ2v) is 9.97. The van der Waals surface area contributed by atoms with Crippen LogP contribution in [0.1, 0.15) is 48.4 Å². The minimum atomic E-state index is 0.863. The van der Waals surface area contributed by atoms with Crippen molar-refractivity contribution in [2.24, 2.45) is 0 Å². The van der Waals surface area contributed by atoms with Crippen LogP contribution in [-0.4, -0.2) is 38.8 Å². The summed E-state index contributed by atoms with van der Waals surface area (Å²) in [4.78, 5) is 2.60. The first-order chi connectivity index (χ1) is 18.2. The molecule has 190 valence electrons. The number of allylic oxidation sites excluding steroid dienone is 1. The van der Waals surface area contributed by atoms with Crippen LogP contribution >= 0.6 is 0 Å². The lowest BCUT2D eigenvalue weighted by molar-refractivity contribution is 0.334. The van der Waals surface area contributed by atoms with E-state index in [0.717, 1.165) is 17.9 Å². The molecule has 1 heterocycles. The lowest BCUT2D eigenvalue weighted by Gasteiger charge is -2.17. The van der Waals surface area contributed by atoms with Crippen molar-refractivity contribution in [1.29, 1.82) is 0 Å². The summed E-state index contributed by atoms with van der Waals surface area (Å²) in [5.41, 5.74) is 7.56. The Morgan fingerprint density at radius 1 is 0.757 bits per heavy atom. The van der Waals surface area contributed by atoms with E-state index in [1.807, 2.05) is 18.2 Å². The number of ether oxygens (including phenoxy) is 2. The Kier molecular flexibility index (Phi) is 7.91. The maximum Gasteiger partial charge on any atom is 0.119 e. The molecule has 4 aromatic carbocycles. The summed E-state index contributed by atoms with van der Waals surface area (Å²) in [5, 5.41) is 2.39. The van der Waals surface area contributed by atoms with Crippen molar-refractivity contribution in [1.82, 2.24) is 4.90 Å². The van der Waals surface area contributed by atoms with Gasteiger partial charge < -0.3 is 14.4 Å². The molecule has 0 aliphatic carbocycles. The van der Waals surface area contributed by atoms with Crippen molar-refractivity contribution in [3.8, 4) is 11.5 Å². The predicted molar refractivity (Wildman–Crippen MR) is 156 cm³/mol. The summed E-state index contributed by atoms with van der Waals surface area (Å²) in [6.07, 6.45) is 5.09. The van der Waals surface area contributed by atoms with E-state index in [0.29, 0.717) is 0 Å². The van der Waals surface area contributed by atoms with E-state index in [2.05, 4.69) is 78.6 Å². The van der Waals surface area contributed by atoms with Gasteiger partial charge in [-0.05, 0) is 121 Å². The van der Waals surface area contributed by atoms with Gasteiger partial charge in [0, 0.05) is 0 Å². The molecule has 3 nitrogen and oxygen atoms in total. The Morgan fingerprint density at radius 2 is 1.43 bits per heavy atom. The topological polar surface area (TPSA) is 21.7 Å². The van der Waals surface area contributed by atoms with E-state index < -0.39 is 0 Å². The van der Waals surface area contributed by atoms with Crippen molar-refractivity contribution in [2.45, 2.75) is 32.6 Å². The zero-order chi connectivity index (χ0) is 25.6. The fourth-order valence-electron chi connectivity index (χ4n) is 5.52. The molecule has 0 N–H and O–H groups in total. The summed E-state index contributed by atoms with van der Waals surface area (Å²) >= 11 is 0. The quantitative estimate of drug-likeness (QED) is 0.222. The highest BCUT2D eigenvalue weighted by Gasteiger charge is 2.15. The van der Waals surface area contributed by atoms with Crippen LogP contribution in [-0.2, 0) is 6.42 Å². The van der Waals surface area contributed by atoms with Crippen LogP contribution in [0.5, 0.6) is 11.5 Å². The van der Waals surface area contributed by atoms with Gasteiger partial charge in [-0.1, -0.05) is 60.7 Å². The van der Waals surface area contributed by atoms with Crippen molar-refractivity contribution in [3.05, 3.63) is 107 Å². The molecule has 37 heavy (non-hydrogen) atoms. The van der Waals surface area contributed by atoms with Crippen molar-refractivity contribution >= 4 is 21.9 Å². The lowest BCUT2D eigenvalue weighted by Crippen LogP contribution is -2.20. The molecular weight excluding hydrogens is 454 g/mol.